The summed E-state index contributed by atoms with van der Waals surface area (Å²) in [7, 11) is 1.67. The molecule has 0 aliphatic carbocycles. The molecular weight excluding hydrogens is 258 g/mol. The minimum atomic E-state index is -0.103. The zero-order valence-electron chi connectivity index (χ0n) is 11.2. The highest BCUT2D eigenvalue weighted by molar-refractivity contribution is 6.30. The SMILES string of the molecule is COc1ccc(C)cc1C(N)Cc1cccc(Cl)c1. The van der Waals surface area contributed by atoms with E-state index in [4.69, 9.17) is 22.1 Å². The Morgan fingerprint density at radius 2 is 2.00 bits per heavy atom. The maximum absolute atomic E-state index is 6.30. The average Bonchev–Trinajstić information content (AvgIpc) is 2.38. The molecule has 0 fully saturated rings. The van der Waals surface area contributed by atoms with Crippen LogP contribution in [0.4, 0.5) is 0 Å². The number of benzene rings is 2. The first-order valence-electron chi connectivity index (χ1n) is 6.24. The number of hydrogen-bond acceptors (Lipinski definition) is 2. The van der Waals surface area contributed by atoms with Crippen LogP contribution >= 0.6 is 11.6 Å². The first-order valence-corrected chi connectivity index (χ1v) is 6.62. The van der Waals surface area contributed by atoms with E-state index in [2.05, 4.69) is 13.0 Å². The highest BCUT2D eigenvalue weighted by Crippen LogP contribution is 2.27. The van der Waals surface area contributed by atoms with Gasteiger partial charge in [0.1, 0.15) is 5.75 Å². The van der Waals surface area contributed by atoms with Crippen molar-refractivity contribution in [2.24, 2.45) is 5.73 Å². The Morgan fingerprint density at radius 1 is 1.21 bits per heavy atom. The van der Waals surface area contributed by atoms with Crippen LogP contribution in [-0.2, 0) is 6.42 Å². The topological polar surface area (TPSA) is 35.2 Å². The van der Waals surface area contributed by atoms with E-state index in [1.165, 1.54) is 5.56 Å². The minimum absolute atomic E-state index is 0.103. The Balaban J connectivity index is 2.24. The van der Waals surface area contributed by atoms with E-state index in [0.29, 0.717) is 0 Å². The summed E-state index contributed by atoms with van der Waals surface area (Å²) in [5.74, 6) is 0.833. The van der Waals surface area contributed by atoms with Crippen LogP contribution in [0.25, 0.3) is 0 Å². The molecular formula is C16H18ClNO. The molecule has 0 saturated carbocycles. The van der Waals surface area contributed by atoms with Gasteiger partial charge in [-0.25, -0.2) is 0 Å². The normalized spacial score (nSPS) is 12.2. The van der Waals surface area contributed by atoms with E-state index >= 15 is 0 Å². The lowest BCUT2D eigenvalue weighted by molar-refractivity contribution is 0.405. The van der Waals surface area contributed by atoms with Crippen molar-refractivity contribution in [1.82, 2.24) is 0 Å². The fourth-order valence-electron chi connectivity index (χ4n) is 2.17. The van der Waals surface area contributed by atoms with Crippen molar-refractivity contribution >= 4 is 11.6 Å². The van der Waals surface area contributed by atoms with Gasteiger partial charge in [0, 0.05) is 16.6 Å². The number of aryl methyl sites for hydroxylation is 1. The Hall–Kier alpha value is -1.51. The third-order valence-corrected chi connectivity index (χ3v) is 3.36. The Morgan fingerprint density at radius 3 is 2.68 bits per heavy atom. The third-order valence-electron chi connectivity index (χ3n) is 3.13. The van der Waals surface area contributed by atoms with E-state index < -0.39 is 0 Å². The standard InChI is InChI=1S/C16H18ClNO/c1-11-6-7-16(19-2)14(8-11)15(18)10-12-4-3-5-13(17)9-12/h3-9,15H,10,18H2,1-2H3. The van der Waals surface area contributed by atoms with Gasteiger partial charge in [0.25, 0.3) is 0 Å². The van der Waals surface area contributed by atoms with Crippen LogP contribution in [0.3, 0.4) is 0 Å². The zero-order chi connectivity index (χ0) is 13.8. The molecule has 0 heterocycles. The molecule has 100 valence electrons. The van der Waals surface area contributed by atoms with Gasteiger partial charge in [-0.3, -0.25) is 0 Å². The van der Waals surface area contributed by atoms with Gasteiger partial charge in [0.15, 0.2) is 0 Å². The number of halogens is 1. The molecule has 1 unspecified atom stereocenters. The summed E-state index contributed by atoms with van der Waals surface area (Å²) in [6.45, 7) is 2.05. The number of hydrogen-bond donors (Lipinski definition) is 1. The number of ether oxygens (including phenoxy) is 1. The first-order chi connectivity index (χ1) is 9.10. The molecule has 0 spiro atoms. The molecule has 2 aromatic rings. The fourth-order valence-corrected chi connectivity index (χ4v) is 2.38. The number of rotatable bonds is 4. The first kappa shape index (κ1) is 13.9. The van der Waals surface area contributed by atoms with E-state index in [9.17, 15) is 0 Å². The lowest BCUT2D eigenvalue weighted by Crippen LogP contribution is -2.14. The van der Waals surface area contributed by atoms with Gasteiger partial charge in [-0.2, -0.15) is 0 Å². The molecule has 0 bridgehead atoms. The Kier molecular flexibility index (Phi) is 4.46. The van der Waals surface area contributed by atoms with Crippen LogP contribution in [-0.4, -0.2) is 7.11 Å². The summed E-state index contributed by atoms with van der Waals surface area (Å²) in [4.78, 5) is 0. The molecule has 0 radical (unpaired) electrons. The summed E-state index contributed by atoms with van der Waals surface area (Å²) in [5.41, 5.74) is 9.64. The van der Waals surface area contributed by atoms with E-state index in [0.717, 1.165) is 28.3 Å². The van der Waals surface area contributed by atoms with Gasteiger partial charge in [-0.05, 0) is 37.1 Å². The van der Waals surface area contributed by atoms with Crippen molar-refractivity contribution in [3.05, 3.63) is 64.2 Å². The Labute approximate surface area is 119 Å². The van der Waals surface area contributed by atoms with E-state index in [1.54, 1.807) is 7.11 Å². The van der Waals surface area contributed by atoms with Crippen molar-refractivity contribution < 1.29 is 4.74 Å². The summed E-state index contributed by atoms with van der Waals surface area (Å²) < 4.78 is 5.38. The predicted octanol–water partition coefficient (Wildman–Crippen LogP) is 3.90. The Bertz CT molecular complexity index is 568. The highest BCUT2D eigenvalue weighted by atomic mass is 35.5. The van der Waals surface area contributed by atoms with Crippen LogP contribution in [0.5, 0.6) is 5.75 Å². The molecule has 1 atom stereocenters. The molecule has 2 nitrogen and oxygen atoms in total. The van der Waals surface area contributed by atoms with Crippen LogP contribution in [0.1, 0.15) is 22.7 Å². The van der Waals surface area contributed by atoms with Crippen molar-refractivity contribution in [2.45, 2.75) is 19.4 Å². The molecule has 0 aliphatic rings. The highest BCUT2D eigenvalue weighted by Gasteiger charge is 2.13. The van der Waals surface area contributed by atoms with Gasteiger partial charge < -0.3 is 10.5 Å². The third kappa shape index (κ3) is 3.49. The predicted molar refractivity (Wildman–Crippen MR) is 79.8 cm³/mol. The summed E-state index contributed by atoms with van der Waals surface area (Å²) in [6.07, 6.45) is 0.736. The molecule has 2 rings (SSSR count). The fraction of sp³-hybridized carbons (Fsp3) is 0.250. The summed E-state index contributed by atoms with van der Waals surface area (Å²) in [6, 6.07) is 13.7. The largest absolute Gasteiger partial charge is 0.496 e. The van der Waals surface area contributed by atoms with Crippen LogP contribution in [0.2, 0.25) is 5.02 Å². The molecule has 2 aromatic carbocycles. The van der Waals surface area contributed by atoms with Crippen molar-refractivity contribution in [3.8, 4) is 5.75 Å². The van der Waals surface area contributed by atoms with E-state index in [1.807, 2.05) is 36.4 Å². The average molecular weight is 276 g/mol. The van der Waals surface area contributed by atoms with Crippen LogP contribution in [0, 0.1) is 6.92 Å². The van der Waals surface area contributed by atoms with Gasteiger partial charge in [0.05, 0.1) is 7.11 Å². The monoisotopic (exact) mass is 275 g/mol. The summed E-state index contributed by atoms with van der Waals surface area (Å²) >= 11 is 5.99. The second kappa shape index (κ2) is 6.09. The lowest BCUT2D eigenvalue weighted by Gasteiger charge is -2.16. The van der Waals surface area contributed by atoms with Gasteiger partial charge in [-0.1, -0.05) is 41.4 Å². The number of methoxy groups -OCH3 is 1. The smallest absolute Gasteiger partial charge is 0.123 e. The maximum atomic E-state index is 6.30. The zero-order valence-corrected chi connectivity index (χ0v) is 11.9. The molecule has 0 amide bonds. The second-order valence-electron chi connectivity index (χ2n) is 4.69. The van der Waals surface area contributed by atoms with Crippen LogP contribution < -0.4 is 10.5 Å². The lowest BCUT2D eigenvalue weighted by atomic mass is 9.97. The molecule has 2 N–H and O–H groups in total. The van der Waals surface area contributed by atoms with Gasteiger partial charge in [0.2, 0.25) is 0 Å². The molecule has 0 aliphatic heterocycles. The summed E-state index contributed by atoms with van der Waals surface area (Å²) in [5, 5.41) is 0.737. The maximum Gasteiger partial charge on any atom is 0.123 e. The molecule has 0 aromatic heterocycles. The molecule has 19 heavy (non-hydrogen) atoms. The van der Waals surface area contributed by atoms with Crippen molar-refractivity contribution in [2.75, 3.05) is 7.11 Å². The van der Waals surface area contributed by atoms with Crippen molar-refractivity contribution in [3.63, 3.8) is 0 Å². The minimum Gasteiger partial charge on any atom is -0.496 e. The van der Waals surface area contributed by atoms with Gasteiger partial charge >= 0.3 is 0 Å². The van der Waals surface area contributed by atoms with Gasteiger partial charge in [-0.15, -0.1) is 0 Å². The second-order valence-corrected chi connectivity index (χ2v) is 5.12. The van der Waals surface area contributed by atoms with Crippen LogP contribution in [0.15, 0.2) is 42.5 Å². The van der Waals surface area contributed by atoms with Crippen molar-refractivity contribution in [1.29, 1.82) is 0 Å². The quantitative estimate of drug-likeness (QED) is 0.918. The molecule has 0 saturated heterocycles. The molecule has 3 heteroatoms. The van der Waals surface area contributed by atoms with E-state index in [-0.39, 0.29) is 6.04 Å². The number of nitrogens with two attached hydrogens (primary N) is 1.